The summed E-state index contributed by atoms with van der Waals surface area (Å²) in [5.41, 5.74) is 0. The van der Waals surface area contributed by atoms with Crippen LogP contribution in [0.5, 0.6) is 0 Å². The van der Waals surface area contributed by atoms with E-state index in [0.717, 1.165) is 6.54 Å². The molecule has 0 fully saturated rings. The second-order valence-corrected chi connectivity index (χ2v) is 5.81. The lowest BCUT2D eigenvalue weighted by Gasteiger charge is -2.10. The maximum atomic E-state index is 4.00. The van der Waals surface area contributed by atoms with Gasteiger partial charge in [0, 0.05) is 18.6 Å². The molecule has 0 N–H and O–H groups in total. The molecule has 0 radical (unpaired) electrons. The Morgan fingerprint density at radius 2 is 1.55 bits per heavy atom. The summed E-state index contributed by atoms with van der Waals surface area (Å²) < 4.78 is 2.27. The van der Waals surface area contributed by atoms with Gasteiger partial charge in [-0.1, -0.05) is 64.0 Å². The van der Waals surface area contributed by atoms with Crippen molar-refractivity contribution in [1.29, 1.82) is 0 Å². The van der Waals surface area contributed by atoms with Crippen molar-refractivity contribution in [2.45, 2.75) is 71.3 Å². The van der Waals surface area contributed by atoms with Crippen LogP contribution in [0.2, 0.25) is 0 Å². The number of rotatable bonds is 12. The van der Waals surface area contributed by atoms with Crippen LogP contribution >= 0.6 is 0 Å². The minimum Gasteiger partial charge on any atom is -0.205 e. The second kappa shape index (κ2) is 11.7. The summed E-state index contributed by atoms with van der Waals surface area (Å²) >= 11 is 0. The molecule has 20 heavy (non-hydrogen) atoms. The molecule has 0 amide bonds. The fourth-order valence-corrected chi connectivity index (χ4v) is 2.64. The van der Waals surface area contributed by atoms with Gasteiger partial charge in [-0.3, -0.25) is 0 Å². The van der Waals surface area contributed by atoms with Gasteiger partial charge in [0.05, 0.1) is 0 Å². The largest absolute Gasteiger partial charge is 0.205 e. The van der Waals surface area contributed by atoms with Crippen LogP contribution in [-0.2, 0) is 6.54 Å². The van der Waals surface area contributed by atoms with Crippen LogP contribution in [0.15, 0.2) is 43.2 Å². The smallest absolute Gasteiger partial charge is 0.168 e. The van der Waals surface area contributed by atoms with Gasteiger partial charge in [-0.25, -0.2) is 4.57 Å². The highest BCUT2D eigenvalue weighted by Crippen LogP contribution is 2.16. The van der Waals surface area contributed by atoms with E-state index in [2.05, 4.69) is 54.7 Å². The van der Waals surface area contributed by atoms with Crippen LogP contribution in [0.1, 0.15) is 64.7 Å². The first-order chi connectivity index (χ1) is 9.86. The fourth-order valence-electron chi connectivity index (χ4n) is 2.64. The van der Waals surface area contributed by atoms with Crippen LogP contribution in [0.4, 0.5) is 0 Å². The molecule has 0 aliphatic carbocycles. The van der Waals surface area contributed by atoms with Gasteiger partial charge < -0.3 is 0 Å². The molecule has 112 valence electrons. The lowest BCUT2D eigenvalue weighted by molar-refractivity contribution is -0.698. The average molecular weight is 274 g/mol. The summed E-state index contributed by atoms with van der Waals surface area (Å²) in [5, 5.41) is 0. The Morgan fingerprint density at radius 3 is 2.20 bits per heavy atom. The third kappa shape index (κ3) is 8.14. The molecule has 0 spiro atoms. The van der Waals surface area contributed by atoms with Gasteiger partial charge in [-0.15, -0.1) is 6.58 Å². The summed E-state index contributed by atoms with van der Waals surface area (Å²) in [6, 6.07) is 6.26. The van der Waals surface area contributed by atoms with Crippen LogP contribution in [0.3, 0.4) is 0 Å². The molecule has 1 heteroatoms. The summed E-state index contributed by atoms with van der Waals surface area (Å²) in [5.74, 6) is 0.679. The molecule has 0 saturated heterocycles. The molecule has 1 unspecified atom stereocenters. The van der Waals surface area contributed by atoms with Crippen molar-refractivity contribution >= 4 is 0 Å². The molecule has 1 rings (SSSR count). The first-order valence-corrected chi connectivity index (χ1v) is 8.43. The fraction of sp³-hybridized carbons (Fsp3) is 0.632. The van der Waals surface area contributed by atoms with E-state index in [1.54, 1.807) is 0 Å². The van der Waals surface area contributed by atoms with E-state index in [9.17, 15) is 0 Å². The lowest BCUT2D eigenvalue weighted by atomic mass is 9.97. The van der Waals surface area contributed by atoms with Gasteiger partial charge in [0.25, 0.3) is 0 Å². The zero-order valence-electron chi connectivity index (χ0n) is 13.3. The molecule has 0 aliphatic rings. The number of nitrogens with zero attached hydrogens (tertiary/aromatic N) is 1. The molecule has 0 aliphatic heterocycles. The van der Waals surface area contributed by atoms with Gasteiger partial charge in [-0.05, 0) is 12.3 Å². The molecule has 1 aromatic rings. The molecule has 1 nitrogen and oxygen atoms in total. The standard InChI is InChI=1S/C19H32N/c1-3-5-6-7-8-9-11-14-19(4-2)15-18-20-16-12-10-13-17-20/h4,10,12-13,16-17,19H,2-3,5-9,11,14-15,18H2,1H3/q+1. The Bertz CT molecular complexity index is 331. The normalized spacial score (nSPS) is 12.2. The summed E-state index contributed by atoms with van der Waals surface area (Å²) in [6.45, 7) is 7.39. The number of hydrogen-bond donors (Lipinski definition) is 0. The monoisotopic (exact) mass is 274 g/mol. The van der Waals surface area contributed by atoms with Crippen molar-refractivity contribution in [3.05, 3.63) is 43.2 Å². The van der Waals surface area contributed by atoms with E-state index in [-0.39, 0.29) is 0 Å². The first kappa shape index (κ1) is 16.9. The minimum atomic E-state index is 0.679. The third-order valence-corrected chi connectivity index (χ3v) is 4.05. The lowest BCUT2D eigenvalue weighted by Crippen LogP contribution is -2.33. The third-order valence-electron chi connectivity index (χ3n) is 4.05. The molecule has 1 aromatic heterocycles. The minimum absolute atomic E-state index is 0.679. The van der Waals surface area contributed by atoms with Gasteiger partial charge in [0.2, 0.25) is 0 Å². The summed E-state index contributed by atoms with van der Waals surface area (Å²) in [6.07, 6.45) is 18.7. The topological polar surface area (TPSA) is 3.88 Å². The molecular formula is C19H32N+. The van der Waals surface area contributed by atoms with E-state index in [1.807, 2.05) is 0 Å². The molecule has 1 atom stereocenters. The van der Waals surface area contributed by atoms with E-state index >= 15 is 0 Å². The predicted molar refractivity (Wildman–Crippen MR) is 87.6 cm³/mol. The quantitative estimate of drug-likeness (QED) is 0.276. The maximum Gasteiger partial charge on any atom is 0.168 e. The summed E-state index contributed by atoms with van der Waals surface area (Å²) in [7, 11) is 0. The Kier molecular flexibility index (Phi) is 9.91. The number of aromatic nitrogens is 1. The van der Waals surface area contributed by atoms with E-state index in [1.165, 1.54) is 57.8 Å². The highest BCUT2D eigenvalue weighted by molar-refractivity contribution is 4.84. The maximum absolute atomic E-state index is 4.00. The van der Waals surface area contributed by atoms with Crippen molar-refractivity contribution in [3.8, 4) is 0 Å². The Morgan fingerprint density at radius 1 is 0.900 bits per heavy atom. The zero-order valence-corrected chi connectivity index (χ0v) is 13.3. The average Bonchev–Trinajstić information content (AvgIpc) is 2.50. The molecular weight excluding hydrogens is 242 g/mol. The van der Waals surface area contributed by atoms with E-state index in [4.69, 9.17) is 0 Å². The van der Waals surface area contributed by atoms with Crippen LogP contribution in [0, 0.1) is 5.92 Å². The molecule has 0 aromatic carbocycles. The number of hydrogen-bond acceptors (Lipinski definition) is 0. The van der Waals surface area contributed by atoms with Gasteiger partial charge in [-0.2, -0.15) is 0 Å². The number of unbranched alkanes of at least 4 members (excludes halogenated alkanes) is 6. The SMILES string of the molecule is C=CC(CCCCCCCCC)CC[n+]1ccccc1. The van der Waals surface area contributed by atoms with Gasteiger partial charge >= 0.3 is 0 Å². The van der Waals surface area contributed by atoms with Crippen LogP contribution < -0.4 is 4.57 Å². The first-order valence-electron chi connectivity index (χ1n) is 8.43. The van der Waals surface area contributed by atoms with Gasteiger partial charge in [0.15, 0.2) is 12.4 Å². The number of aryl methyl sites for hydroxylation is 1. The van der Waals surface area contributed by atoms with Crippen LogP contribution in [-0.4, -0.2) is 0 Å². The highest BCUT2D eigenvalue weighted by Gasteiger charge is 2.07. The van der Waals surface area contributed by atoms with Crippen molar-refractivity contribution in [1.82, 2.24) is 0 Å². The van der Waals surface area contributed by atoms with E-state index < -0.39 is 0 Å². The molecule has 1 heterocycles. The van der Waals surface area contributed by atoms with E-state index in [0.29, 0.717) is 5.92 Å². The van der Waals surface area contributed by atoms with Crippen molar-refractivity contribution in [3.63, 3.8) is 0 Å². The van der Waals surface area contributed by atoms with Gasteiger partial charge in [0.1, 0.15) is 6.54 Å². The molecule has 0 saturated carbocycles. The van der Waals surface area contributed by atoms with Crippen LogP contribution in [0.25, 0.3) is 0 Å². The number of allylic oxidation sites excluding steroid dienone is 1. The van der Waals surface area contributed by atoms with Crippen molar-refractivity contribution < 1.29 is 4.57 Å². The summed E-state index contributed by atoms with van der Waals surface area (Å²) in [4.78, 5) is 0. The second-order valence-electron chi connectivity index (χ2n) is 5.81. The Labute approximate surface area is 125 Å². The Balaban J connectivity index is 2.06. The number of pyridine rings is 1. The predicted octanol–water partition coefficient (Wildman–Crippen LogP) is 5.31. The highest BCUT2D eigenvalue weighted by atomic mass is 14.9. The van der Waals surface area contributed by atoms with Crippen molar-refractivity contribution in [2.75, 3.05) is 0 Å². The zero-order chi connectivity index (χ0) is 14.5. The van der Waals surface area contributed by atoms with Crippen molar-refractivity contribution in [2.24, 2.45) is 5.92 Å². The molecule has 0 bridgehead atoms. The Hall–Kier alpha value is -1.11.